The summed E-state index contributed by atoms with van der Waals surface area (Å²) in [4.78, 5) is 15.4. The van der Waals surface area contributed by atoms with Gasteiger partial charge in [-0.2, -0.15) is 13.2 Å². The number of pyridine rings is 1. The van der Waals surface area contributed by atoms with Crippen LogP contribution in [-0.4, -0.2) is 10.9 Å². The van der Waals surface area contributed by atoms with E-state index in [0.717, 1.165) is 15.7 Å². The van der Waals surface area contributed by atoms with Crippen LogP contribution >= 0.6 is 22.6 Å². The Hall–Kier alpha value is -1.64. The highest BCUT2D eigenvalue weighted by Crippen LogP contribution is 2.28. The van der Waals surface area contributed by atoms with Crippen molar-refractivity contribution in [1.82, 2.24) is 4.98 Å². The minimum Gasteiger partial charge on any atom is -0.320 e. The van der Waals surface area contributed by atoms with Crippen molar-refractivity contribution in [1.29, 1.82) is 0 Å². The fourth-order valence-electron chi connectivity index (χ4n) is 1.44. The minimum atomic E-state index is -4.46. The second-order valence-corrected chi connectivity index (χ2v) is 5.03. The third-order valence-corrected chi connectivity index (χ3v) is 3.39. The maximum Gasteiger partial charge on any atom is 0.417 e. The zero-order chi connectivity index (χ0) is 14.8. The molecule has 0 aliphatic rings. The summed E-state index contributed by atoms with van der Waals surface area (Å²) in [5.74, 6) is -0.553. The predicted octanol–water partition coefficient (Wildman–Crippen LogP) is 3.96. The van der Waals surface area contributed by atoms with Crippen LogP contribution in [0.5, 0.6) is 0 Å². The fourth-order valence-corrected chi connectivity index (χ4v) is 1.97. The number of aromatic nitrogens is 1. The molecule has 0 bridgehead atoms. The lowest BCUT2D eigenvalue weighted by Crippen LogP contribution is -2.15. The highest BCUT2D eigenvalue weighted by atomic mass is 127. The first-order chi connectivity index (χ1) is 9.38. The van der Waals surface area contributed by atoms with E-state index in [4.69, 9.17) is 0 Å². The Morgan fingerprint density at radius 2 is 1.85 bits per heavy atom. The summed E-state index contributed by atoms with van der Waals surface area (Å²) in [6, 6.07) is 8.94. The normalized spacial score (nSPS) is 11.2. The van der Waals surface area contributed by atoms with Crippen LogP contribution in [0.2, 0.25) is 0 Å². The van der Waals surface area contributed by atoms with Crippen LogP contribution in [0.4, 0.5) is 18.9 Å². The number of alkyl halides is 3. The van der Waals surface area contributed by atoms with Gasteiger partial charge in [-0.25, -0.2) is 0 Å². The third-order valence-electron chi connectivity index (χ3n) is 2.45. The van der Waals surface area contributed by atoms with E-state index in [1.807, 2.05) is 28.7 Å². The lowest BCUT2D eigenvalue weighted by Gasteiger charge is -2.08. The molecule has 3 nitrogen and oxygen atoms in total. The molecule has 0 aliphatic heterocycles. The van der Waals surface area contributed by atoms with Crippen LogP contribution in [0.15, 0.2) is 42.6 Å². The number of carbonyl (C=O) groups is 1. The first-order valence-corrected chi connectivity index (χ1v) is 6.55. The van der Waals surface area contributed by atoms with E-state index >= 15 is 0 Å². The van der Waals surface area contributed by atoms with E-state index in [1.54, 1.807) is 18.2 Å². The Morgan fingerprint density at radius 1 is 1.15 bits per heavy atom. The Kier molecular flexibility index (Phi) is 4.26. The number of carbonyl (C=O) groups excluding carboxylic acids is 1. The number of anilines is 1. The van der Waals surface area contributed by atoms with Gasteiger partial charge in [-0.1, -0.05) is 12.1 Å². The van der Waals surface area contributed by atoms with E-state index < -0.39 is 17.6 Å². The van der Waals surface area contributed by atoms with Crippen molar-refractivity contribution in [3.05, 3.63) is 57.4 Å². The largest absolute Gasteiger partial charge is 0.417 e. The Bertz CT molecular complexity index is 626. The molecule has 1 aromatic heterocycles. The number of rotatable bonds is 2. The highest BCUT2D eigenvalue weighted by molar-refractivity contribution is 14.1. The van der Waals surface area contributed by atoms with E-state index in [2.05, 4.69) is 10.3 Å². The van der Waals surface area contributed by atoms with Crippen LogP contribution < -0.4 is 5.32 Å². The molecule has 104 valence electrons. The summed E-state index contributed by atoms with van der Waals surface area (Å²) in [7, 11) is 0. The number of para-hydroxylation sites is 1. The second kappa shape index (κ2) is 5.78. The maximum absolute atomic E-state index is 12.4. The molecule has 20 heavy (non-hydrogen) atoms. The zero-order valence-corrected chi connectivity index (χ0v) is 12.1. The van der Waals surface area contributed by atoms with Gasteiger partial charge in [0.1, 0.15) is 5.69 Å². The molecule has 0 spiro atoms. The molecule has 0 atom stereocenters. The first-order valence-electron chi connectivity index (χ1n) is 5.47. The number of hydrogen-bond donors (Lipinski definition) is 1. The van der Waals surface area contributed by atoms with Crippen LogP contribution in [0.3, 0.4) is 0 Å². The van der Waals surface area contributed by atoms with Crippen molar-refractivity contribution in [3.8, 4) is 0 Å². The van der Waals surface area contributed by atoms with Gasteiger partial charge in [0.05, 0.1) is 11.3 Å². The first kappa shape index (κ1) is 14.8. The molecule has 1 heterocycles. The molecule has 0 fully saturated rings. The van der Waals surface area contributed by atoms with Crippen LogP contribution in [-0.2, 0) is 6.18 Å². The van der Waals surface area contributed by atoms with E-state index in [0.29, 0.717) is 11.9 Å². The van der Waals surface area contributed by atoms with Gasteiger partial charge in [-0.05, 0) is 46.9 Å². The molecule has 2 rings (SSSR count). The van der Waals surface area contributed by atoms with Gasteiger partial charge in [0.2, 0.25) is 0 Å². The van der Waals surface area contributed by atoms with Crippen LogP contribution in [0.1, 0.15) is 16.1 Å². The van der Waals surface area contributed by atoms with E-state index in [1.165, 1.54) is 0 Å². The molecule has 0 aliphatic carbocycles. The van der Waals surface area contributed by atoms with Crippen molar-refractivity contribution >= 4 is 34.2 Å². The molecule has 1 aromatic carbocycles. The van der Waals surface area contributed by atoms with Crippen LogP contribution in [0.25, 0.3) is 0 Å². The van der Waals surface area contributed by atoms with Crippen molar-refractivity contribution in [2.24, 2.45) is 0 Å². The summed E-state index contributed by atoms with van der Waals surface area (Å²) in [6.07, 6.45) is -3.82. The molecule has 0 saturated heterocycles. The number of halogens is 4. The Balaban J connectivity index is 2.16. The molecular formula is C13H8F3IN2O. The zero-order valence-electron chi connectivity index (χ0n) is 9.91. The third kappa shape index (κ3) is 3.47. The smallest absolute Gasteiger partial charge is 0.320 e. The number of amides is 1. The number of hydrogen-bond acceptors (Lipinski definition) is 2. The van der Waals surface area contributed by atoms with Crippen LogP contribution in [0, 0.1) is 3.57 Å². The van der Waals surface area contributed by atoms with Crippen molar-refractivity contribution < 1.29 is 18.0 Å². The molecule has 0 saturated carbocycles. The standard InChI is InChI=1S/C13H8F3IN2O/c14-13(15,16)8-5-6-11(18-7-8)12(20)19-10-4-2-1-3-9(10)17/h1-7H,(H,19,20). The van der Waals surface area contributed by atoms with Gasteiger partial charge in [0, 0.05) is 9.77 Å². The fraction of sp³-hybridized carbons (Fsp3) is 0.0769. The number of nitrogens with one attached hydrogen (secondary N) is 1. The lowest BCUT2D eigenvalue weighted by molar-refractivity contribution is -0.137. The Morgan fingerprint density at radius 3 is 2.40 bits per heavy atom. The summed E-state index contributed by atoms with van der Waals surface area (Å²) in [5.41, 5.74) is -0.374. The van der Waals surface area contributed by atoms with Gasteiger partial charge in [-0.15, -0.1) is 0 Å². The molecule has 0 radical (unpaired) electrons. The lowest BCUT2D eigenvalue weighted by atomic mass is 10.2. The summed E-state index contributed by atoms with van der Waals surface area (Å²) in [5, 5.41) is 2.59. The Labute approximate surface area is 126 Å². The van der Waals surface area contributed by atoms with Crippen molar-refractivity contribution in [2.75, 3.05) is 5.32 Å². The highest BCUT2D eigenvalue weighted by Gasteiger charge is 2.30. The monoisotopic (exact) mass is 392 g/mol. The van der Waals surface area contributed by atoms with E-state index in [-0.39, 0.29) is 5.69 Å². The van der Waals surface area contributed by atoms with E-state index in [9.17, 15) is 18.0 Å². The SMILES string of the molecule is O=C(Nc1ccccc1I)c1ccc(C(F)(F)F)cn1. The van der Waals surface area contributed by atoms with Gasteiger partial charge in [-0.3, -0.25) is 9.78 Å². The second-order valence-electron chi connectivity index (χ2n) is 3.86. The number of benzene rings is 1. The molecule has 0 unspecified atom stereocenters. The van der Waals surface area contributed by atoms with Gasteiger partial charge in [0.15, 0.2) is 0 Å². The average Bonchev–Trinajstić information content (AvgIpc) is 2.40. The average molecular weight is 392 g/mol. The quantitative estimate of drug-likeness (QED) is 0.787. The molecule has 7 heteroatoms. The molecule has 1 N–H and O–H groups in total. The predicted molar refractivity (Wildman–Crippen MR) is 76.4 cm³/mol. The van der Waals surface area contributed by atoms with Gasteiger partial charge < -0.3 is 5.32 Å². The van der Waals surface area contributed by atoms with Crippen molar-refractivity contribution in [2.45, 2.75) is 6.18 Å². The minimum absolute atomic E-state index is 0.0716. The molecular weight excluding hydrogens is 384 g/mol. The summed E-state index contributed by atoms with van der Waals surface area (Å²) < 4.78 is 38.0. The summed E-state index contributed by atoms with van der Waals surface area (Å²) in [6.45, 7) is 0. The van der Waals surface area contributed by atoms with Gasteiger partial charge >= 0.3 is 6.18 Å². The molecule has 2 aromatic rings. The topological polar surface area (TPSA) is 42.0 Å². The summed E-state index contributed by atoms with van der Waals surface area (Å²) >= 11 is 2.05. The molecule has 1 amide bonds. The maximum atomic E-state index is 12.4. The van der Waals surface area contributed by atoms with Gasteiger partial charge in [0.25, 0.3) is 5.91 Å². The van der Waals surface area contributed by atoms with Crippen molar-refractivity contribution in [3.63, 3.8) is 0 Å². The number of nitrogens with zero attached hydrogens (tertiary/aromatic N) is 1.